The maximum atomic E-state index is 6.21. The summed E-state index contributed by atoms with van der Waals surface area (Å²) in [6, 6.07) is 8.11. The normalized spacial score (nSPS) is 27.3. The lowest BCUT2D eigenvalue weighted by molar-refractivity contribution is -0.0977. The lowest BCUT2D eigenvalue weighted by atomic mass is 9.73. The SMILES string of the molecule is CCOC1(C(NN)c2ccc(OC)cc2)CCC(C)CC1. The highest BCUT2D eigenvalue weighted by Gasteiger charge is 2.42. The van der Waals surface area contributed by atoms with Gasteiger partial charge in [0, 0.05) is 6.61 Å². The molecule has 0 bridgehead atoms. The maximum Gasteiger partial charge on any atom is 0.118 e. The molecule has 1 aromatic rings. The third kappa shape index (κ3) is 3.57. The molecule has 1 atom stereocenters. The molecule has 1 unspecified atom stereocenters. The van der Waals surface area contributed by atoms with Gasteiger partial charge in [0.2, 0.25) is 0 Å². The lowest BCUT2D eigenvalue weighted by Crippen LogP contribution is -2.50. The van der Waals surface area contributed by atoms with Crippen molar-refractivity contribution in [3.63, 3.8) is 0 Å². The van der Waals surface area contributed by atoms with Crippen LogP contribution in [0.2, 0.25) is 0 Å². The maximum absolute atomic E-state index is 6.21. The smallest absolute Gasteiger partial charge is 0.118 e. The molecule has 0 aliphatic heterocycles. The van der Waals surface area contributed by atoms with Crippen LogP contribution in [-0.4, -0.2) is 19.3 Å². The van der Waals surface area contributed by atoms with Crippen molar-refractivity contribution in [3.05, 3.63) is 29.8 Å². The fourth-order valence-electron chi connectivity index (χ4n) is 3.40. The first-order valence-corrected chi connectivity index (χ1v) is 7.89. The monoisotopic (exact) mass is 292 g/mol. The molecule has 0 spiro atoms. The zero-order chi connectivity index (χ0) is 15.3. The van der Waals surface area contributed by atoms with E-state index in [-0.39, 0.29) is 11.6 Å². The van der Waals surface area contributed by atoms with Gasteiger partial charge in [-0.1, -0.05) is 19.1 Å². The van der Waals surface area contributed by atoms with Crippen molar-refractivity contribution in [1.29, 1.82) is 0 Å². The van der Waals surface area contributed by atoms with E-state index in [1.165, 1.54) is 12.8 Å². The summed E-state index contributed by atoms with van der Waals surface area (Å²) in [6.07, 6.45) is 4.47. The van der Waals surface area contributed by atoms with Crippen molar-refractivity contribution in [2.75, 3.05) is 13.7 Å². The van der Waals surface area contributed by atoms with Crippen molar-refractivity contribution in [1.82, 2.24) is 5.43 Å². The summed E-state index contributed by atoms with van der Waals surface area (Å²) in [4.78, 5) is 0. The molecule has 21 heavy (non-hydrogen) atoms. The second-order valence-electron chi connectivity index (χ2n) is 6.05. The van der Waals surface area contributed by atoms with E-state index in [0.717, 1.165) is 30.1 Å². The Bertz CT molecular complexity index is 425. The largest absolute Gasteiger partial charge is 0.497 e. The average Bonchev–Trinajstić information content (AvgIpc) is 2.52. The number of nitrogens with one attached hydrogen (secondary N) is 1. The number of ether oxygens (including phenoxy) is 2. The van der Waals surface area contributed by atoms with Gasteiger partial charge in [-0.15, -0.1) is 0 Å². The molecule has 1 aromatic carbocycles. The zero-order valence-electron chi connectivity index (χ0n) is 13.4. The van der Waals surface area contributed by atoms with Crippen molar-refractivity contribution in [2.24, 2.45) is 11.8 Å². The summed E-state index contributed by atoms with van der Waals surface area (Å²) in [5, 5.41) is 0. The van der Waals surface area contributed by atoms with Crippen LogP contribution in [0.25, 0.3) is 0 Å². The molecule has 4 nitrogen and oxygen atoms in total. The number of hydrazine groups is 1. The highest BCUT2D eigenvalue weighted by Crippen LogP contribution is 2.43. The number of nitrogens with two attached hydrogens (primary N) is 1. The molecule has 1 aliphatic rings. The summed E-state index contributed by atoms with van der Waals surface area (Å²) in [6.45, 7) is 5.08. The number of methoxy groups -OCH3 is 1. The summed E-state index contributed by atoms with van der Waals surface area (Å²) >= 11 is 0. The summed E-state index contributed by atoms with van der Waals surface area (Å²) in [5.74, 6) is 7.52. The van der Waals surface area contributed by atoms with Crippen LogP contribution < -0.4 is 16.0 Å². The first-order valence-electron chi connectivity index (χ1n) is 7.89. The molecule has 4 heteroatoms. The Morgan fingerprint density at radius 2 is 1.90 bits per heavy atom. The Kier molecular flexibility index (Phi) is 5.62. The number of hydrogen-bond donors (Lipinski definition) is 2. The van der Waals surface area contributed by atoms with Gasteiger partial charge in [0.1, 0.15) is 5.75 Å². The van der Waals surface area contributed by atoms with Gasteiger partial charge in [0.05, 0.1) is 18.8 Å². The predicted molar refractivity (Wildman–Crippen MR) is 85.0 cm³/mol. The van der Waals surface area contributed by atoms with E-state index in [1.807, 2.05) is 12.1 Å². The Labute approximate surface area is 128 Å². The Morgan fingerprint density at radius 1 is 1.29 bits per heavy atom. The molecule has 0 aromatic heterocycles. The van der Waals surface area contributed by atoms with E-state index in [9.17, 15) is 0 Å². The highest BCUT2D eigenvalue weighted by atomic mass is 16.5. The molecule has 2 rings (SSSR count). The third-order valence-corrected chi connectivity index (χ3v) is 4.69. The van der Waals surface area contributed by atoms with Crippen LogP contribution in [0.3, 0.4) is 0 Å². The van der Waals surface area contributed by atoms with Gasteiger partial charge in [-0.3, -0.25) is 11.3 Å². The van der Waals surface area contributed by atoms with Crippen molar-refractivity contribution in [3.8, 4) is 5.75 Å². The summed E-state index contributed by atoms with van der Waals surface area (Å²) in [5.41, 5.74) is 3.95. The van der Waals surface area contributed by atoms with Crippen LogP contribution in [0.1, 0.15) is 51.1 Å². The van der Waals surface area contributed by atoms with E-state index in [2.05, 4.69) is 31.4 Å². The van der Waals surface area contributed by atoms with Crippen LogP contribution in [0.15, 0.2) is 24.3 Å². The van der Waals surface area contributed by atoms with Crippen molar-refractivity contribution in [2.45, 2.75) is 51.2 Å². The summed E-state index contributed by atoms with van der Waals surface area (Å²) in [7, 11) is 1.68. The first kappa shape index (κ1) is 16.3. The Hall–Kier alpha value is -1.10. The van der Waals surface area contributed by atoms with Crippen LogP contribution in [-0.2, 0) is 4.74 Å². The molecule has 0 amide bonds. The minimum Gasteiger partial charge on any atom is -0.497 e. The van der Waals surface area contributed by atoms with E-state index in [1.54, 1.807) is 7.11 Å². The van der Waals surface area contributed by atoms with E-state index < -0.39 is 0 Å². The van der Waals surface area contributed by atoms with E-state index in [4.69, 9.17) is 15.3 Å². The molecule has 0 saturated heterocycles. The second-order valence-corrected chi connectivity index (χ2v) is 6.05. The predicted octanol–water partition coefficient (Wildman–Crippen LogP) is 3.19. The fourth-order valence-corrected chi connectivity index (χ4v) is 3.40. The van der Waals surface area contributed by atoms with Gasteiger partial charge >= 0.3 is 0 Å². The zero-order valence-corrected chi connectivity index (χ0v) is 13.4. The Balaban J connectivity index is 2.26. The van der Waals surface area contributed by atoms with Crippen LogP contribution in [0, 0.1) is 5.92 Å². The van der Waals surface area contributed by atoms with Gasteiger partial charge in [0.25, 0.3) is 0 Å². The van der Waals surface area contributed by atoms with Gasteiger partial charge < -0.3 is 9.47 Å². The van der Waals surface area contributed by atoms with Crippen LogP contribution in [0.5, 0.6) is 5.75 Å². The molecule has 0 radical (unpaired) electrons. The van der Waals surface area contributed by atoms with Crippen LogP contribution in [0.4, 0.5) is 0 Å². The number of rotatable bonds is 6. The Morgan fingerprint density at radius 3 is 2.38 bits per heavy atom. The minimum atomic E-state index is -0.204. The molecule has 0 heterocycles. The fraction of sp³-hybridized carbons (Fsp3) is 0.647. The average molecular weight is 292 g/mol. The van der Waals surface area contributed by atoms with Crippen molar-refractivity contribution < 1.29 is 9.47 Å². The van der Waals surface area contributed by atoms with Gasteiger partial charge in [-0.25, -0.2) is 0 Å². The minimum absolute atomic E-state index is 0.0101. The molecule has 118 valence electrons. The molecular weight excluding hydrogens is 264 g/mol. The highest BCUT2D eigenvalue weighted by molar-refractivity contribution is 5.30. The lowest BCUT2D eigenvalue weighted by Gasteiger charge is -2.44. The first-order chi connectivity index (χ1) is 10.1. The second kappa shape index (κ2) is 7.25. The third-order valence-electron chi connectivity index (χ3n) is 4.69. The molecule has 1 aliphatic carbocycles. The number of hydrogen-bond acceptors (Lipinski definition) is 4. The number of benzene rings is 1. The van der Waals surface area contributed by atoms with Crippen LogP contribution >= 0.6 is 0 Å². The van der Waals surface area contributed by atoms with Gasteiger partial charge in [-0.2, -0.15) is 0 Å². The summed E-state index contributed by atoms with van der Waals surface area (Å²) < 4.78 is 11.4. The van der Waals surface area contributed by atoms with Gasteiger partial charge in [0.15, 0.2) is 0 Å². The van der Waals surface area contributed by atoms with E-state index in [0.29, 0.717) is 6.61 Å². The van der Waals surface area contributed by atoms with Crippen molar-refractivity contribution >= 4 is 0 Å². The quantitative estimate of drug-likeness (QED) is 0.624. The molecule has 3 N–H and O–H groups in total. The topological polar surface area (TPSA) is 56.5 Å². The van der Waals surface area contributed by atoms with E-state index >= 15 is 0 Å². The molecular formula is C17H28N2O2. The standard InChI is InChI=1S/C17H28N2O2/c1-4-21-17(11-9-13(2)10-12-17)16(19-18)14-5-7-15(20-3)8-6-14/h5-8,13,16,19H,4,9-12,18H2,1-3H3. The molecule has 1 fully saturated rings. The van der Waals surface area contributed by atoms with Gasteiger partial charge in [-0.05, 0) is 56.2 Å². The molecule has 1 saturated carbocycles.